The summed E-state index contributed by atoms with van der Waals surface area (Å²) in [5.74, 6) is 0.418. The second kappa shape index (κ2) is 6.18. The van der Waals surface area contributed by atoms with Crippen LogP contribution in [0, 0.1) is 11.3 Å². The minimum atomic E-state index is -0.101. The Morgan fingerprint density at radius 3 is 2.89 bits per heavy atom. The first-order valence-electron chi connectivity index (χ1n) is 6.07. The smallest absolute Gasteiger partial charge is 0.293 e. The second-order valence-electron chi connectivity index (χ2n) is 4.49. The van der Waals surface area contributed by atoms with E-state index in [1.807, 2.05) is 13.8 Å². The van der Waals surface area contributed by atoms with Crippen molar-refractivity contribution in [1.29, 1.82) is 5.41 Å². The highest BCUT2D eigenvalue weighted by molar-refractivity contribution is 5.79. The van der Waals surface area contributed by atoms with Crippen molar-refractivity contribution in [3.05, 3.63) is 22.7 Å². The average Bonchev–Trinajstić information content (AvgIpc) is 2.31. The van der Waals surface area contributed by atoms with Gasteiger partial charge in [-0.1, -0.05) is 13.8 Å². The molecule has 0 bridgehead atoms. The van der Waals surface area contributed by atoms with Gasteiger partial charge in [0.15, 0.2) is 5.82 Å². The van der Waals surface area contributed by atoms with Crippen molar-refractivity contribution in [2.75, 3.05) is 18.5 Å². The summed E-state index contributed by atoms with van der Waals surface area (Å²) in [5.41, 5.74) is 5.33. The Bertz CT molecular complexity index is 468. The van der Waals surface area contributed by atoms with Crippen LogP contribution in [0.4, 0.5) is 5.82 Å². The van der Waals surface area contributed by atoms with E-state index in [9.17, 15) is 4.79 Å². The van der Waals surface area contributed by atoms with Crippen molar-refractivity contribution in [1.82, 2.24) is 9.55 Å². The van der Waals surface area contributed by atoms with Crippen LogP contribution in [0.1, 0.15) is 20.3 Å². The number of amidine groups is 1. The van der Waals surface area contributed by atoms with Crippen LogP contribution in [0.2, 0.25) is 0 Å². The molecule has 0 spiro atoms. The van der Waals surface area contributed by atoms with E-state index in [1.54, 1.807) is 28.9 Å². The van der Waals surface area contributed by atoms with E-state index in [0.29, 0.717) is 18.9 Å². The molecule has 1 aromatic heterocycles. The van der Waals surface area contributed by atoms with Gasteiger partial charge in [0.2, 0.25) is 0 Å². The van der Waals surface area contributed by atoms with Crippen LogP contribution in [0.5, 0.6) is 0 Å². The van der Waals surface area contributed by atoms with E-state index in [2.05, 4.69) is 4.98 Å². The molecule has 1 aromatic rings. The third-order valence-corrected chi connectivity index (χ3v) is 2.80. The summed E-state index contributed by atoms with van der Waals surface area (Å²) in [6, 6.07) is 0. The average molecular weight is 251 g/mol. The largest absolute Gasteiger partial charge is 0.387 e. The van der Waals surface area contributed by atoms with E-state index in [-0.39, 0.29) is 17.3 Å². The first-order chi connectivity index (χ1) is 8.47. The van der Waals surface area contributed by atoms with Crippen LogP contribution in [-0.2, 0) is 6.54 Å². The number of nitrogens with one attached hydrogen (secondary N) is 1. The maximum Gasteiger partial charge on any atom is 0.293 e. The van der Waals surface area contributed by atoms with Crippen LogP contribution >= 0.6 is 0 Å². The Morgan fingerprint density at radius 2 is 2.33 bits per heavy atom. The molecular formula is C12H21N5O. The maximum atomic E-state index is 12.1. The SMILES string of the molecule is CCCn1ccnc(N(C)CC(C)C(=N)N)c1=O. The molecule has 0 saturated carbocycles. The van der Waals surface area contributed by atoms with Crippen molar-refractivity contribution < 1.29 is 0 Å². The molecule has 0 amide bonds. The van der Waals surface area contributed by atoms with Gasteiger partial charge in [0.05, 0.1) is 5.84 Å². The highest BCUT2D eigenvalue weighted by Crippen LogP contribution is 2.05. The molecule has 1 heterocycles. The number of rotatable bonds is 6. The predicted molar refractivity (Wildman–Crippen MR) is 73.1 cm³/mol. The summed E-state index contributed by atoms with van der Waals surface area (Å²) in [6.45, 7) is 5.07. The van der Waals surface area contributed by atoms with Gasteiger partial charge >= 0.3 is 0 Å². The van der Waals surface area contributed by atoms with Gasteiger partial charge in [-0.3, -0.25) is 10.2 Å². The van der Waals surface area contributed by atoms with E-state index in [0.717, 1.165) is 6.42 Å². The summed E-state index contributed by atoms with van der Waals surface area (Å²) in [4.78, 5) is 18.0. The Labute approximate surface area is 107 Å². The van der Waals surface area contributed by atoms with Crippen molar-refractivity contribution in [2.45, 2.75) is 26.8 Å². The third kappa shape index (κ3) is 3.32. The number of aryl methyl sites for hydroxylation is 1. The standard InChI is InChI=1S/C12H21N5O/c1-4-6-17-7-5-15-11(12(17)18)16(3)8-9(2)10(13)14/h5,7,9H,4,6,8H2,1-3H3,(H3,13,14). The van der Waals surface area contributed by atoms with E-state index in [4.69, 9.17) is 11.1 Å². The molecule has 6 heteroatoms. The first kappa shape index (κ1) is 14.2. The molecule has 18 heavy (non-hydrogen) atoms. The van der Waals surface area contributed by atoms with Crippen LogP contribution in [0.15, 0.2) is 17.2 Å². The van der Waals surface area contributed by atoms with Crippen LogP contribution in [0.25, 0.3) is 0 Å². The quantitative estimate of drug-likeness (QED) is 0.574. The lowest BCUT2D eigenvalue weighted by Gasteiger charge is -2.21. The predicted octanol–water partition coefficient (Wildman–Crippen LogP) is 0.662. The first-order valence-corrected chi connectivity index (χ1v) is 6.07. The topological polar surface area (TPSA) is 88.0 Å². The monoisotopic (exact) mass is 251 g/mol. The Balaban J connectivity index is 2.92. The lowest BCUT2D eigenvalue weighted by atomic mass is 10.1. The molecule has 100 valence electrons. The van der Waals surface area contributed by atoms with E-state index < -0.39 is 0 Å². The molecule has 0 saturated heterocycles. The van der Waals surface area contributed by atoms with Crippen molar-refractivity contribution in [3.63, 3.8) is 0 Å². The lowest BCUT2D eigenvalue weighted by Crippen LogP contribution is -2.36. The van der Waals surface area contributed by atoms with Gasteiger partial charge in [0.1, 0.15) is 0 Å². The number of aromatic nitrogens is 2. The minimum Gasteiger partial charge on any atom is -0.387 e. The number of anilines is 1. The zero-order valence-electron chi connectivity index (χ0n) is 11.2. The molecule has 0 aromatic carbocycles. The molecule has 0 aliphatic carbocycles. The fraction of sp³-hybridized carbons (Fsp3) is 0.583. The Kier molecular flexibility index (Phi) is 4.88. The summed E-state index contributed by atoms with van der Waals surface area (Å²) in [7, 11) is 1.79. The molecule has 0 radical (unpaired) electrons. The second-order valence-corrected chi connectivity index (χ2v) is 4.49. The van der Waals surface area contributed by atoms with Gasteiger partial charge in [0.25, 0.3) is 5.56 Å². The molecule has 6 nitrogen and oxygen atoms in total. The van der Waals surface area contributed by atoms with Crippen molar-refractivity contribution in [2.24, 2.45) is 11.7 Å². The molecule has 0 fully saturated rings. The molecule has 1 rings (SSSR count). The third-order valence-electron chi connectivity index (χ3n) is 2.80. The van der Waals surface area contributed by atoms with Crippen LogP contribution < -0.4 is 16.2 Å². The fourth-order valence-corrected chi connectivity index (χ4v) is 1.71. The molecule has 1 atom stereocenters. The number of hydrogen-bond donors (Lipinski definition) is 2. The molecule has 0 aliphatic heterocycles. The van der Waals surface area contributed by atoms with Crippen LogP contribution in [0.3, 0.4) is 0 Å². The molecular weight excluding hydrogens is 230 g/mol. The zero-order valence-corrected chi connectivity index (χ0v) is 11.2. The summed E-state index contributed by atoms with van der Waals surface area (Å²) in [5, 5.41) is 7.37. The molecule has 0 aliphatic rings. The van der Waals surface area contributed by atoms with E-state index >= 15 is 0 Å². The van der Waals surface area contributed by atoms with Gasteiger partial charge in [0, 0.05) is 38.4 Å². The highest BCUT2D eigenvalue weighted by Gasteiger charge is 2.14. The maximum absolute atomic E-state index is 12.1. The fourth-order valence-electron chi connectivity index (χ4n) is 1.71. The number of nitrogens with zero attached hydrogens (tertiary/aromatic N) is 3. The van der Waals surface area contributed by atoms with E-state index in [1.165, 1.54) is 0 Å². The summed E-state index contributed by atoms with van der Waals surface area (Å²) in [6.07, 6.45) is 4.22. The Hall–Kier alpha value is -1.85. The lowest BCUT2D eigenvalue weighted by molar-refractivity contribution is 0.639. The molecule has 3 N–H and O–H groups in total. The van der Waals surface area contributed by atoms with Gasteiger partial charge < -0.3 is 15.2 Å². The normalized spacial score (nSPS) is 12.2. The van der Waals surface area contributed by atoms with Crippen molar-refractivity contribution >= 4 is 11.7 Å². The van der Waals surface area contributed by atoms with Gasteiger partial charge in [-0.25, -0.2) is 4.98 Å². The number of nitrogens with two attached hydrogens (primary N) is 1. The number of hydrogen-bond acceptors (Lipinski definition) is 4. The summed E-state index contributed by atoms with van der Waals surface area (Å²) < 4.78 is 1.65. The van der Waals surface area contributed by atoms with Crippen LogP contribution in [-0.4, -0.2) is 29.0 Å². The Morgan fingerprint density at radius 1 is 1.67 bits per heavy atom. The minimum absolute atomic E-state index is 0.0994. The van der Waals surface area contributed by atoms with Gasteiger partial charge in [-0.2, -0.15) is 0 Å². The van der Waals surface area contributed by atoms with Crippen molar-refractivity contribution in [3.8, 4) is 0 Å². The highest BCUT2D eigenvalue weighted by atomic mass is 16.1. The molecule has 1 unspecified atom stereocenters. The zero-order chi connectivity index (χ0) is 13.7. The summed E-state index contributed by atoms with van der Waals surface area (Å²) >= 11 is 0. The van der Waals surface area contributed by atoms with Gasteiger partial charge in [-0.05, 0) is 6.42 Å². The van der Waals surface area contributed by atoms with Gasteiger partial charge in [-0.15, -0.1) is 0 Å².